The number of hydrogen-bond donors (Lipinski definition) is 1. The Morgan fingerprint density at radius 1 is 1.08 bits per heavy atom. The first-order valence-electron chi connectivity index (χ1n) is 7.88. The van der Waals surface area contributed by atoms with Crippen molar-refractivity contribution in [1.29, 1.82) is 0 Å². The van der Waals surface area contributed by atoms with Gasteiger partial charge in [-0.3, -0.25) is 0 Å². The van der Waals surface area contributed by atoms with Crippen LogP contribution in [0.5, 0.6) is 11.6 Å². The monoisotopic (exact) mass is 388 g/mol. The minimum Gasteiger partial charge on any atom is -0.439 e. The van der Waals surface area contributed by atoms with Gasteiger partial charge in [-0.25, -0.2) is 18.1 Å². The molecule has 5 nitrogen and oxygen atoms in total. The molecule has 0 atom stereocenters. The van der Waals surface area contributed by atoms with Crippen molar-refractivity contribution < 1.29 is 13.2 Å². The fourth-order valence-corrected chi connectivity index (χ4v) is 3.54. The molecule has 0 aliphatic heterocycles. The molecule has 0 unspecified atom stereocenters. The number of pyridine rings is 1. The fourth-order valence-electron chi connectivity index (χ4n) is 2.25. The van der Waals surface area contributed by atoms with Crippen molar-refractivity contribution in [3.8, 4) is 11.6 Å². The lowest BCUT2D eigenvalue weighted by molar-refractivity contribution is 0.462. The van der Waals surface area contributed by atoms with Gasteiger partial charge in [-0.15, -0.1) is 0 Å². The summed E-state index contributed by atoms with van der Waals surface area (Å²) in [7, 11) is -3.66. The molecular formula is C19H17ClN2O3S. The lowest BCUT2D eigenvalue weighted by atomic mass is 10.2. The maximum atomic E-state index is 12.4. The number of nitrogens with zero attached hydrogens (tertiary/aromatic N) is 1. The molecule has 7 heteroatoms. The Kier molecular flexibility index (Phi) is 5.56. The van der Waals surface area contributed by atoms with Crippen molar-refractivity contribution >= 4 is 21.6 Å². The third kappa shape index (κ3) is 4.60. The Morgan fingerprint density at radius 2 is 1.92 bits per heavy atom. The van der Waals surface area contributed by atoms with E-state index in [1.165, 1.54) is 12.1 Å². The van der Waals surface area contributed by atoms with E-state index in [9.17, 15) is 8.42 Å². The van der Waals surface area contributed by atoms with Crippen molar-refractivity contribution in [3.05, 3.63) is 83.0 Å². The van der Waals surface area contributed by atoms with Gasteiger partial charge >= 0.3 is 0 Å². The quantitative estimate of drug-likeness (QED) is 0.683. The maximum absolute atomic E-state index is 12.4. The lowest BCUT2D eigenvalue weighted by Crippen LogP contribution is -2.23. The summed E-state index contributed by atoms with van der Waals surface area (Å²) >= 11 is 6.02. The highest BCUT2D eigenvalue weighted by atomic mass is 35.5. The second-order valence-corrected chi connectivity index (χ2v) is 7.83. The van der Waals surface area contributed by atoms with Gasteiger partial charge in [0.2, 0.25) is 15.9 Å². The maximum Gasteiger partial charge on any atom is 0.240 e. The van der Waals surface area contributed by atoms with Crippen LogP contribution in [0, 0.1) is 6.92 Å². The molecule has 1 aromatic heterocycles. The van der Waals surface area contributed by atoms with Gasteiger partial charge in [0, 0.05) is 23.8 Å². The summed E-state index contributed by atoms with van der Waals surface area (Å²) < 4.78 is 33.1. The molecule has 0 amide bonds. The van der Waals surface area contributed by atoms with E-state index in [4.69, 9.17) is 16.3 Å². The molecule has 1 N–H and O–H groups in total. The normalized spacial score (nSPS) is 11.3. The summed E-state index contributed by atoms with van der Waals surface area (Å²) in [6.45, 7) is 1.95. The first kappa shape index (κ1) is 18.4. The van der Waals surface area contributed by atoms with Crippen LogP contribution < -0.4 is 9.46 Å². The van der Waals surface area contributed by atoms with Crippen LogP contribution in [0.4, 0.5) is 0 Å². The Morgan fingerprint density at radius 3 is 2.65 bits per heavy atom. The number of benzene rings is 2. The van der Waals surface area contributed by atoms with E-state index in [0.29, 0.717) is 16.7 Å². The third-order valence-electron chi connectivity index (χ3n) is 3.68. The smallest absolute Gasteiger partial charge is 0.240 e. The van der Waals surface area contributed by atoms with Crippen LogP contribution >= 0.6 is 11.6 Å². The van der Waals surface area contributed by atoms with Gasteiger partial charge in [0.1, 0.15) is 5.75 Å². The Bertz CT molecular complexity index is 1010. The number of aryl methyl sites for hydroxylation is 1. The van der Waals surface area contributed by atoms with E-state index < -0.39 is 10.0 Å². The largest absolute Gasteiger partial charge is 0.439 e. The molecule has 0 spiro atoms. The van der Waals surface area contributed by atoms with Crippen LogP contribution in [0.1, 0.15) is 11.1 Å². The molecule has 2 aromatic carbocycles. The number of nitrogens with one attached hydrogen (secondary N) is 1. The first-order chi connectivity index (χ1) is 12.4. The summed E-state index contributed by atoms with van der Waals surface area (Å²) in [5.74, 6) is 1.05. The van der Waals surface area contributed by atoms with Crippen molar-refractivity contribution in [2.75, 3.05) is 0 Å². The van der Waals surface area contributed by atoms with Crippen LogP contribution in [0.3, 0.4) is 0 Å². The Labute approximate surface area is 157 Å². The minimum absolute atomic E-state index is 0.132. The van der Waals surface area contributed by atoms with Crippen LogP contribution in [0.25, 0.3) is 0 Å². The summed E-state index contributed by atoms with van der Waals surface area (Å²) in [4.78, 5) is 4.23. The van der Waals surface area contributed by atoms with Crippen LogP contribution in [-0.2, 0) is 16.6 Å². The third-order valence-corrected chi connectivity index (χ3v) is 5.48. The minimum atomic E-state index is -3.66. The van der Waals surface area contributed by atoms with E-state index in [1.54, 1.807) is 42.6 Å². The van der Waals surface area contributed by atoms with E-state index >= 15 is 0 Å². The van der Waals surface area contributed by atoms with E-state index in [0.717, 1.165) is 11.1 Å². The molecule has 0 saturated carbocycles. The second kappa shape index (κ2) is 7.86. The van der Waals surface area contributed by atoms with Crippen molar-refractivity contribution in [1.82, 2.24) is 9.71 Å². The average Bonchev–Trinajstić information content (AvgIpc) is 2.63. The molecule has 0 aliphatic carbocycles. The molecule has 0 bridgehead atoms. The predicted octanol–water partition coefficient (Wildman–Crippen LogP) is 4.31. The second-order valence-electron chi connectivity index (χ2n) is 5.65. The van der Waals surface area contributed by atoms with Crippen LogP contribution in [-0.4, -0.2) is 13.4 Å². The molecule has 26 heavy (non-hydrogen) atoms. The summed E-state index contributed by atoms with van der Waals surface area (Å²) in [5.41, 5.74) is 1.59. The van der Waals surface area contributed by atoms with Gasteiger partial charge in [0.05, 0.1) is 4.90 Å². The number of ether oxygens (including phenoxy) is 1. The highest BCUT2D eigenvalue weighted by Crippen LogP contribution is 2.22. The number of hydrogen-bond acceptors (Lipinski definition) is 4. The molecule has 0 aliphatic rings. The predicted molar refractivity (Wildman–Crippen MR) is 101 cm³/mol. The lowest BCUT2D eigenvalue weighted by Gasteiger charge is -2.10. The zero-order chi connectivity index (χ0) is 18.6. The summed E-state index contributed by atoms with van der Waals surface area (Å²) in [6, 6.07) is 17.2. The molecule has 0 fully saturated rings. The molecular weight excluding hydrogens is 372 g/mol. The van der Waals surface area contributed by atoms with Gasteiger partial charge in [-0.2, -0.15) is 0 Å². The highest BCUT2D eigenvalue weighted by Gasteiger charge is 2.15. The fraction of sp³-hybridized carbons (Fsp3) is 0.105. The van der Waals surface area contributed by atoms with Crippen molar-refractivity contribution in [2.45, 2.75) is 18.4 Å². The van der Waals surface area contributed by atoms with Gasteiger partial charge in [0.25, 0.3) is 0 Å². The zero-order valence-corrected chi connectivity index (χ0v) is 15.6. The SMILES string of the molecule is Cc1ccc(S(=O)(=O)NCc2cccc(Oc3ccccn3)c2)cc1Cl. The van der Waals surface area contributed by atoms with Crippen molar-refractivity contribution in [2.24, 2.45) is 0 Å². The molecule has 0 saturated heterocycles. The molecule has 3 aromatic rings. The molecule has 134 valence electrons. The molecule has 0 radical (unpaired) electrons. The number of aromatic nitrogens is 1. The molecule has 3 rings (SSSR count). The van der Waals surface area contributed by atoms with E-state index in [-0.39, 0.29) is 11.4 Å². The van der Waals surface area contributed by atoms with Gasteiger partial charge in [0.15, 0.2) is 0 Å². The number of sulfonamides is 1. The first-order valence-corrected chi connectivity index (χ1v) is 9.74. The van der Waals surface area contributed by atoms with Crippen LogP contribution in [0.15, 0.2) is 71.8 Å². The van der Waals surface area contributed by atoms with Gasteiger partial charge < -0.3 is 4.74 Å². The van der Waals surface area contributed by atoms with Crippen molar-refractivity contribution in [3.63, 3.8) is 0 Å². The Hall–Kier alpha value is -2.41. The standard InChI is InChI=1S/C19H17ClN2O3S/c1-14-8-9-17(12-18(14)20)26(23,24)22-13-15-5-4-6-16(11-15)25-19-7-2-3-10-21-19/h2-12,22H,13H2,1H3. The average molecular weight is 389 g/mol. The highest BCUT2D eigenvalue weighted by molar-refractivity contribution is 7.89. The Balaban J connectivity index is 1.71. The number of rotatable bonds is 6. The molecule has 1 heterocycles. The van der Waals surface area contributed by atoms with E-state index in [1.807, 2.05) is 19.1 Å². The summed E-state index contributed by atoms with van der Waals surface area (Å²) in [6.07, 6.45) is 1.64. The van der Waals surface area contributed by atoms with E-state index in [2.05, 4.69) is 9.71 Å². The van der Waals surface area contributed by atoms with Gasteiger partial charge in [-0.1, -0.05) is 35.9 Å². The topological polar surface area (TPSA) is 68.3 Å². The summed E-state index contributed by atoms with van der Waals surface area (Å²) in [5, 5.41) is 0.415. The van der Waals surface area contributed by atoms with Crippen LogP contribution in [0.2, 0.25) is 5.02 Å². The zero-order valence-electron chi connectivity index (χ0n) is 14.0. The number of halogens is 1. The van der Waals surface area contributed by atoms with Gasteiger partial charge in [-0.05, 0) is 48.4 Å².